The van der Waals surface area contributed by atoms with Crippen LogP contribution in [0.2, 0.25) is 0 Å². The van der Waals surface area contributed by atoms with E-state index in [0.717, 1.165) is 4.57 Å². The second-order valence-corrected chi connectivity index (χ2v) is 2.15. The zero-order valence-electron chi connectivity index (χ0n) is 7.60. The molecule has 1 rings (SSSR count). The van der Waals surface area contributed by atoms with Crippen LogP contribution in [0.25, 0.3) is 0 Å². The van der Waals surface area contributed by atoms with Crippen molar-refractivity contribution in [3.8, 4) is 0 Å². The van der Waals surface area contributed by atoms with Gasteiger partial charge in [0.1, 0.15) is 5.49 Å². The average Bonchev–Trinajstić information content (AvgIpc) is 2.05. The maximum atomic E-state index is 11.1. The molecule has 0 aromatic carbocycles. The second-order valence-electron chi connectivity index (χ2n) is 2.15. The van der Waals surface area contributed by atoms with Gasteiger partial charge in [-0.05, 0) is 19.1 Å². The minimum absolute atomic E-state index is 0. The highest BCUT2D eigenvalue weighted by molar-refractivity contribution is 5.85. The first-order valence-corrected chi connectivity index (χ1v) is 3.65. The van der Waals surface area contributed by atoms with Gasteiger partial charge in [0.25, 0.3) is 0 Å². The molecule has 14 heavy (non-hydrogen) atoms. The summed E-state index contributed by atoms with van der Waals surface area (Å²) >= 11 is 0. The third kappa shape index (κ3) is 3.81. The Hall–Kier alpha value is -1.000. The van der Waals surface area contributed by atoms with Crippen molar-refractivity contribution in [1.82, 2.24) is 4.57 Å². The van der Waals surface area contributed by atoms with Crippen molar-refractivity contribution >= 4 is 30.9 Å². The summed E-state index contributed by atoms with van der Waals surface area (Å²) in [5.74, 6) is 0. The van der Waals surface area contributed by atoms with Gasteiger partial charge < -0.3 is 4.74 Å². The Morgan fingerprint density at radius 1 is 1.50 bits per heavy atom. The molecule has 0 amide bonds. The first-order chi connectivity index (χ1) is 5.75. The molecule has 0 saturated carbocycles. The fourth-order valence-corrected chi connectivity index (χ4v) is 0.795. The van der Waals surface area contributed by atoms with Gasteiger partial charge in [0, 0.05) is 6.20 Å². The molecule has 0 bridgehead atoms. The van der Waals surface area contributed by atoms with Crippen molar-refractivity contribution < 1.29 is 9.53 Å². The normalized spacial score (nSPS) is 8.07. The molecule has 1 aromatic rings. The van der Waals surface area contributed by atoms with Crippen LogP contribution < -0.4 is 5.49 Å². The van der Waals surface area contributed by atoms with Crippen LogP contribution in [-0.2, 0) is 4.74 Å². The monoisotopic (exact) mass is 238 g/mol. The van der Waals surface area contributed by atoms with E-state index >= 15 is 0 Å². The van der Waals surface area contributed by atoms with Crippen molar-refractivity contribution in [3.05, 3.63) is 29.9 Å². The van der Waals surface area contributed by atoms with Gasteiger partial charge in [-0.1, -0.05) is 6.07 Å². The molecular weight excluding hydrogens is 227 g/mol. The quantitative estimate of drug-likeness (QED) is 0.812. The number of halogens is 2. The van der Waals surface area contributed by atoms with E-state index in [1.165, 1.54) is 12.3 Å². The largest absolute Gasteiger partial charge is 0.449 e. The summed E-state index contributed by atoms with van der Waals surface area (Å²) in [5, 5.41) is 7.34. The first kappa shape index (κ1) is 15.5. The summed E-state index contributed by atoms with van der Waals surface area (Å²) in [6.07, 6.45) is 0.989. The molecule has 0 atom stereocenters. The number of rotatable bonds is 1. The Morgan fingerprint density at radius 3 is 2.64 bits per heavy atom. The first-order valence-electron chi connectivity index (χ1n) is 3.65. The molecule has 0 aliphatic rings. The molecule has 80 valence electrons. The Balaban J connectivity index is 0. The van der Waals surface area contributed by atoms with Crippen LogP contribution in [0.15, 0.2) is 24.4 Å². The topological polar surface area (TPSA) is 55.1 Å². The van der Waals surface area contributed by atoms with Gasteiger partial charge in [-0.3, -0.25) is 5.41 Å². The Labute approximate surface area is 94.2 Å². The van der Waals surface area contributed by atoms with Crippen LogP contribution in [0, 0.1) is 5.41 Å². The number of nitrogens with one attached hydrogen (secondary N) is 1. The van der Waals surface area contributed by atoms with E-state index in [1.54, 1.807) is 19.1 Å². The van der Waals surface area contributed by atoms with Crippen molar-refractivity contribution in [2.45, 2.75) is 6.92 Å². The van der Waals surface area contributed by atoms with Gasteiger partial charge in [0.15, 0.2) is 0 Å². The van der Waals surface area contributed by atoms with E-state index in [4.69, 9.17) is 10.1 Å². The van der Waals surface area contributed by atoms with Crippen LogP contribution in [0.3, 0.4) is 0 Å². The lowest BCUT2D eigenvalue weighted by Gasteiger charge is -2.03. The molecule has 1 heterocycles. The molecule has 0 unspecified atom stereocenters. The van der Waals surface area contributed by atoms with Crippen LogP contribution in [0.4, 0.5) is 4.79 Å². The summed E-state index contributed by atoms with van der Waals surface area (Å²) in [6, 6.07) is 4.89. The summed E-state index contributed by atoms with van der Waals surface area (Å²) in [6.45, 7) is 2.05. The second kappa shape index (κ2) is 7.41. The SMILES string of the molecule is CCOC(=O)n1ccccc1=N.Cl.Cl. The van der Waals surface area contributed by atoms with E-state index in [-0.39, 0.29) is 30.3 Å². The number of hydrogen-bond donors (Lipinski definition) is 1. The molecule has 0 saturated heterocycles. The molecule has 0 fully saturated rings. The molecular formula is C8H12Cl2N2O2. The number of aromatic nitrogens is 1. The molecule has 0 aliphatic heterocycles. The maximum absolute atomic E-state index is 11.1. The summed E-state index contributed by atoms with van der Waals surface area (Å²) in [4.78, 5) is 11.1. The van der Waals surface area contributed by atoms with Crippen LogP contribution >= 0.6 is 24.8 Å². The summed E-state index contributed by atoms with van der Waals surface area (Å²) in [5.41, 5.74) is 0.121. The van der Waals surface area contributed by atoms with Crippen LogP contribution in [0.5, 0.6) is 0 Å². The number of ether oxygens (including phenoxy) is 1. The zero-order valence-corrected chi connectivity index (χ0v) is 9.23. The number of carbonyl (C=O) groups excluding carboxylic acids is 1. The maximum Gasteiger partial charge on any atom is 0.419 e. The Morgan fingerprint density at radius 2 is 2.14 bits per heavy atom. The lowest BCUT2D eigenvalue weighted by molar-refractivity contribution is 0.152. The fraction of sp³-hybridized carbons (Fsp3) is 0.250. The van der Waals surface area contributed by atoms with Crippen molar-refractivity contribution in [3.63, 3.8) is 0 Å². The fourth-order valence-electron chi connectivity index (χ4n) is 0.795. The molecule has 4 nitrogen and oxygen atoms in total. The van der Waals surface area contributed by atoms with E-state index in [0.29, 0.717) is 6.61 Å². The third-order valence-electron chi connectivity index (χ3n) is 1.32. The van der Waals surface area contributed by atoms with Gasteiger partial charge in [-0.25, -0.2) is 9.36 Å². The van der Waals surface area contributed by atoms with Crippen molar-refractivity contribution in [2.24, 2.45) is 0 Å². The lowest BCUT2D eigenvalue weighted by atomic mass is 10.5. The minimum atomic E-state index is -0.511. The van der Waals surface area contributed by atoms with Gasteiger partial charge >= 0.3 is 6.09 Å². The van der Waals surface area contributed by atoms with Crippen molar-refractivity contribution in [1.29, 1.82) is 5.41 Å². The minimum Gasteiger partial charge on any atom is -0.449 e. The van der Waals surface area contributed by atoms with Crippen LogP contribution in [0.1, 0.15) is 6.92 Å². The van der Waals surface area contributed by atoms with Gasteiger partial charge in [-0.15, -0.1) is 24.8 Å². The number of carbonyl (C=O) groups is 1. The smallest absolute Gasteiger partial charge is 0.419 e. The molecule has 6 heteroatoms. The molecule has 1 N–H and O–H groups in total. The van der Waals surface area contributed by atoms with E-state index < -0.39 is 6.09 Å². The highest BCUT2D eigenvalue weighted by atomic mass is 35.5. The molecule has 0 radical (unpaired) electrons. The predicted molar refractivity (Wildman–Crippen MR) is 57.2 cm³/mol. The highest BCUT2D eigenvalue weighted by Gasteiger charge is 2.02. The van der Waals surface area contributed by atoms with Gasteiger partial charge in [-0.2, -0.15) is 0 Å². The van der Waals surface area contributed by atoms with Crippen LogP contribution in [-0.4, -0.2) is 17.3 Å². The van der Waals surface area contributed by atoms with Crippen molar-refractivity contribution in [2.75, 3.05) is 6.61 Å². The Bertz CT molecular complexity index is 338. The predicted octanol–water partition coefficient (Wildman–Crippen LogP) is 1.82. The van der Waals surface area contributed by atoms with Gasteiger partial charge in [0.05, 0.1) is 6.61 Å². The summed E-state index contributed by atoms with van der Waals surface area (Å²) in [7, 11) is 0. The zero-order chi connectivity index (χ0) is 8.97. The third-order valence-corrected chi connectivity index (χ3v) is 1.32. The highest BCUT2D eigenvalue weighted by Crippen LogP contribution is 1.85. The molecule has 0 spiro atoms. The molecule has 0 aliphatic carbocycles. The number of hydrogen-bond acceptors (Lipinski definition) is 3. The van der Waals surface area contributed by atoms with Gasteiger partial charge in [0.2, 0.25) is 0 Å². The van der Waals surface area contributed by atoms with E-state index in [1.807, 2.05) is 0 Å². The number of pyridine rings is 1. The van der Waals surface area contributed by atoms with E-state index in [9.17, 15) is 4.79 Å². The number of nitrogens with zero attached hydrogens (tertiary/aromatic N) is 1. The standard InChI is InChI=1S/C8H10N2O2.2ClH/c1-2-12-8(11)10-6-4-3-5-7(10)9;;/h3-6,9H,2H2,1H3;2*1H. The summed E-state index contributed by atoms with van der Waals surface area (Å²) < 4.78 is 5.86. The van der Waals surface area contributed by atoms with E-state index in [2.05, 4.69) is 0 Å². The Kier molecular flexibility index (Phi) is 8.19. The lowest BCUT2D eigenvalue weighted by Crippen LogP contribution is -2.26. The average molecular weight is 239 g/mol. The molecule has 1 aromatic heterocycles.